The van der Waals surface area contributed by atoms with Crippen LogP contribution >= 0.6 is 15.9 Å². The number of hydrogen-bond acceptors (Lipinski definition) is 3. The number of fused-ring (bicyclic) bond motifs is 1. The zero-order valence-corrected chi connectivity index (χ0v) is 7.95. The van der Waals surface area contributed by atoms with Gasteiger partial charge in [-0.1, -0.05) is 0 Å². The number of amidine groups is 1. The molecule has 0 bridgehead atoms. The number of hydrogen-bond donors (Lipinski definition) is 1. The molecule has 2 rings (SSSR count). The maximum atomic E-state index is 5.63. The normalized spacial score (nSPS) is 21.1. The average Bonchev–Trinajstić information content (AvgIpc) is 2.03. The minimum atomic E-state index is 0.721. The van der Waals surface area contributed by atoms with Gasteiger partial charge >= 0.3 is 0 Å². The Morgan fingerprint density at radius 1 is 1.50 bits per heavy atom. The predicted molar refractivity (Wildman–Crippen MR) is 52.6 cm³/mol. The second-order valence-electron chi connectivity index (χ2n) is 2.67. The Kier molecular flexibility index (Phi) is 1.77. The summed E-state index contributed by atoms with van der Waals surface area (Å²) in [4.78, 5) is 6.17. The van der Waals surface area contributed by atoms with Crippen LogP contribution in [0.1, 0.15) is 0 Å². The van der Waals surface area contributed by atoms with Crippen molar-refractivity contribution in [3.05, 3.63) is 34.7 Å². The van der Waals surface area contributed by atoms with Gasteiger partial charge < -0.3 is 10.6 Å². The highest BCUT2D eigenvalue weighted by Crippen LogP contribution is 2.17. The first kappa shape index (κ1) is 7.61. The lowest BCUT2D eigenvalue weighted by molar-refractivity contribution is 0.589. The minimum Gasteiger partial charge on any atom is -0.399 e. The highest BCUT2D eigenvalue weighted by Gasteiger charge is 2.14. The molecule has 0 aliphatic carbocycles. The lowest BCUT2D eigenvalue weighted by Gasteiger charge is -2.25. The molecule has 0 amide bonds. The highest BCUT2D eigenvalue weighted by atomic mass is 79.9. The third-order valence-electron chi connectivity index (χ3n) is 1.68. The van der Waals surface area contributed by atoms with Crippen molar-refractivity contribution in [1.82, 2.24) is 4.90 Å². The molecule has 0 aromatic heterocycles. The van der Waals surface area contributed by atoms with E-state index in [4.69, 9.17) is 5.73 Å². The Bertz CT molecular complexity index is 325. The quantitative estimate of drug-likeness (QED) is 0.676. The van der Waals surface area contributed by atoms with Crippen LogP contribution in [0.4, 0.5) is 0 Å². The zero-order chi connectivity index (χ0) is 8.55. The summed E-state index contributed by atoms with van der Waals surface area (Å²) in [5.41, 5.74) is 6.41. The van der Waals surface area contributed by atoms with Crippen LogP contribution in [0.2, 0.25) is 0 Å². The fraction of sp³-hybridized carbons (Fsp3) is 0.125. The molecule has 0 spiro atoms. The number of aliphatic imine (C=N–C) groups is 1. The van der Waals surface area contributed by atoms with Crippen LogP contribution in [0, 0.1) is 0 Å². The van der Waals surface area contributed by atoms with Crippen LogP contribution in [0.5, 0.6) is 0 Å². The van der Waals surface area contributed by atoms with E-state index in [0.717, 1.165) is 22.6 Å². The first-order chi connectivity index (χ1) is 5.75. The van der Waals surface area contributed by atoms with Crippen molar-refractivity contribution in [1.29, 1.82) is 0 Å². The van der Waals surface area contributed by atoms with Gasteiger partial charge in [0.05, 0.1) is 6.54 Å². The first-order valence-corrected chi connectivity index (χ1v) is 4.39. The fourth-order valence-corrected chi connectivity index (χ4v) is 1.52. The summed E-state index contributed by atoms with van der Waals surface area (Å²) >= 11 is 3.39. The van der Waals surface area contributed by atoms with Crippen LogP contribution in [-0.2, 0) is 0 Å². The fourth-order valence-electron chi connectivity index (χ4n) is 1.14. The Balaban J connectivity index is 2.33. The van der Waals surface area contributed by atoms with E-state index in [1.165, 1.54) is 0 Å². The van der Waals surface area contributed by atoms with E-state index in [1.54, 1.807) is 6.20 Å². The van der Waals surface area contributed by atoms with E-state index in [-0.39, 0.29) is 0 Å². The molecular weight excluding hydrogens is 218 g/mol. The standard InChI is InChI=1S/C8H8BrN3/c9-6-1-2-8-11-3-7(10)5-12(8)4-6/h1-4H,5,10H2. The van der Waals surface area contributed by atoms with Crippen LogP contribution in [0.15, 0.2) is 39.7 Å². The molecule has 0 aromatic rings. The van der Waals surface area contributed by atoms with Gasteiger partial charge in [-0.3, -0.25) is 0 Å². The second-order valence-corrected chi connectivity index (χ2v) is 3.58. The highest BCUT2D eigenvalue weighted by molar-refractivity contribution is 9.11. The largest absolute Gasteiger partial charge is 0.399 e. The van der Waals surface area contributed by atoms with Gasteiger partial charge in [-0.2, -0.15) is 0 Å². The molecule has 2 heterocycles. The van der Waals surface area contributed by atoms with Gasteiger partial charge in [-0.25, -0.2) is 4.99 Å². The average molecular weight is 226 g/mol. The number of rotatable bonds is 0. The molecule has 0 fully saturated rings. The molecule has 2 aliphatic heterocycles. The van der Waals surface area contributed by atoms with Gasteiger partial charge in [-0.15, -0.1) is 0 Å². The SMILES string of the molecule is NC1=CN=C2C=CC(Br)=CN2C1. The maximum absolute atomic E-state index is 5.63. The zero-order valence-electron chi connectivity index (χ0n) is 6.37. The van der Waals surface area contributed by atoms with E-state index in [2.05, 4.69) is 20.9 Å². The van der Waals surface area contributed by atoms with Crippen LogP contribution in [0.3, 0.4) is 0 Å². The molecule has 0 radical (unpaired) electrons. The van der Waals surface area contributed by atoms with Crippen LogP contribution in [-0.4, -0.2) is 17.3 Å². The van der Waals surface area contributed by atoms with E-state index in [9.17, 15) is 0 Å². The topological polar surface area (TPSA) is 41.6 Å². The van der Waals surface area contributed by atoms with Gasteiger partial charge in [0.2, 0.25) is 0 Å². The molecule has 0 aromatic carbocycles. The maximum Gasteiger partial charge on any atom is 0.132 e. The van der Waals surface area contributed by atoms with E-state index in [0.29, 0.717) is 0 Å². The van der Waals surface area contributed by atoms with Crippen LogP contribution in [0.25, 0.3) is 0 Å². The van der Waals surface area contributed by atoms with Crippen molar-refractivity contribution >= 4 is 21.8 Å². The van der Waals surface area contributed by atoms with Gasteiger partial charge in [0.15, 0.2) is 0 Å². The van der Waals surface area contributed by atoms with Gasteiger partial charge in [0.25, 0.3) is 0 Å². The molecule has 2 N–H and O–H groups in total. The smallest absolute Gasteiger partial charge is 0.132 e. The summed E-state index contributed by atoms with van der Waals surface area (Å²) in [5.74, 6) is 0.937. The second kappa shape index (κ2) is 2.79. The molecule has 4 heteroatoms. The number of nitrogens with two attached hydrogens (primary N) is 1. The lowest BCUT2D eigenvalue weighted by atomic mass is 10.3. The molecule has 3 nitrogen and oxygen atoms in total. The van der Waals surface area contributed by atoms with Crippen molar-refractivity contribution in [2.24, 2.45) is 10.7 Å². The number of allylic oxidation sites excluding steroid dienone is 2. The monoisotopic (exact) mass is 225 g/mol. The van der Waals surface area contributed by atoms with Crippen molar-refractivity contribution in [3.63, 3.8) is 0 Å². The Labute approximate surface area is 79.1 Å². The number of halogens is 1. The van der Waals surface area contributed by atoms with Crippen LogP contribution < -0.4 is 5.73 Å². The minimum absolute atomic E-state index is 0.721. The van der Waals surface area contributed by atoms with Crippen molar-refractivity contribution in [2.75, 3.05) is 6.54 Å². The molecule has 12 heavy (non-hydrogen) atoms. The van der Waals surface area contributed by atoms with Crippen molar-refractivity contribution in [2.45, 2.75) is 0 Å². The summed E-state index contributed by atoms with van der Waals surface area (Å²) in [6.07, 6.45) is 7.58. The van der Waals surface area contributed by atoms with E-state index >= 15 is 0 Å². The molecular formula is C8H8BrN3. The van der Waals surface area contributed by atoms with Crippen molar-refractivity contribution in [3.8, 4) is 0 Å². The summed E-state index contributed by atoms with van der Waals surface area (Å²) < 4.78 is 1.04. The van der Waals surface area contributed by atoms with Gasteiger partial charge in [0.1, 0.15) is 5.84 Å². The predicted octanol–water partition coefficient (Wildman–Crippen LogP) is 1.31. The van der Waals surface area contributed by atoms with E-state index in [1.807, 2.05) is 23.3 Å². The Hall–Kier alpha value is -1.03. The number of nitrogens with zero attached hydrogens (tertiary/aromatic N) is 2. The van der Waals surface area contributed by atoms with Gasteiger partial charge in [0, 0.05) is 22.6 Å². The Morgan fingerprint density at radius 3 is 3.17 bits per heavy atom. The van der Waals surface area contributed by atoms with Gasteiger partial charge in [-0.05, 0) is 28.1 Å². The summed E-state index contributed by atoms with van der Waals surface area (Å²) in [6, 6.07) is 0. The Morgan fingerprint density at radius 2 is 2.33 bits per heavy atom. The molecule has 0 saturated heterocycles. The molecule has 0 saturated carbocycles. The third-order valence-corrected chi connectivity index (χ3v) is 2.15. The summed E-state index contributed by atoms with van der Waals surface area (Å²) in [6.45, 7) is 0.721. The van der Waals surface area contributed by atoms with Crippen molar-refractivity contribution < 1.29 is 0 Å². The molecule has 62 valence electrons. The van der Waals surface area contributed by atoms with E-state index < -0.39 is 0 Å². The third kappa shape index (κ3) is 1.30. The molecule has 2 aliphatic rings. The summed E-state index contributed by atoms with van der Waals surface area (Å²) in [5, 5.41) is 0. The lowest BCUT2D eigenvalue weighted by Crippen LogP contribution is -2.32. The molecule has 0 unspecified atom stereocenters. The molecule has 0 atom stereocenters. The summed E-state index contributed by atoms with van der Waals surface area (Å²) in [7, 11) is 0. The first-order valence-electron chi connectivity index (χ1n) is 3.60.